The van der Waals surface area contributed by atoms with E-state index in [1.165, 1.54) is 11.3 Å². The van der Waals surface area contributed by atoms with Crippen molar-refractivity contribution >= 4 is 50.6 Å². The normalized spacial score (nSPS) is 10.1. The number of nitrogens with zero attached hydrogens (tertiary/aromatic N) is 1. The zero-order chi connectivity index (χ0) is 19.2. The molecule has 0 spiro atoms. The maximum atomic E-state index is 12.5. The van der Waals surface area contributed by atoms with E-state index in [0.717, 1.165) is 3.79 Å². The van der Waals surface area contributed by atoms with Crippen LogP contribution in [-0.4, -0.2) is 23.9 Å². The summed E-state index contributed by atoms with van der Waals surface area (Å²) in [5, 5.41) is 3.08. The molecule has 1 aromatic carbocycles. The number of nitrogens with one attached hydrogen (secondary N) is 3. The molecule has 0 fully saturated rings. The molecule has 2 amide bonds. The fourth-order valence-corrected chi connectivity index (χ4v) is 3.52. The zero-order valence-electron chi connectivity index (χ0n) is 14.2. The molecule has 0 saturated heterocycles. The third kappa shape index (κ3) is 4.63. The van der Waals surface area contributed by atoms with Crippen molar-refractivity contribution in [2.75, 3.05) is 12.4 Å². The topological polar surface area (TPSA) is 92.3 Å². The molecular formula is C18H15BrN4O3S. The van der Waals surface area contributed by atoms with Crippen molar-refractivity contribution < 1.29 is 14.3 Å². The molecular weight excluding hydrogens is 432 g/mol. The molecule has 0 atom stereocenters. The van der Waals surface area contributed by atoms with Gasteiger partial charge in [-0.3, -0.25) is 20.4 Å². The second kappa shape index (κ2) is 8.65. The summed E-state index contributed by atoms with van der Waals surface area (Å²) >= 11 is 4.56. The van der Waals surface area contributed by atoms with Crippen molar-refractivity contribution in [1.29, 1.82) is 0 Å². The molecule has 2 heterocycles. The van der Waals surface area contributed by atoms with Gasteiger partial charge in [-0.15, -0.1) is 11.3 Å². The minimum Gasteiger partial charge on any atom is -0.495 e. The van der Waals surface area contributed by atoms with E-state index in [-0.39, 0.29) is 5.56 Å². The van der Waals surface area contributed by atoms with Crippen molar-refractivity contribution in [3.63, 3.8) is 0 Å². The van der Waals surface area contributed by atoms with Crippen LogP contribution >= 0.6 is 27.3 Å². The molecule has 3 N–H and O–H groups in total. The highest BCUT2D eigenvalue weighted by molar-refractivity contribution is 9.11. The van der Waals surface area contributed by atoms with Gasteiger partial charge >= 0.3 is 0 Å². The van der Waals surface area contributed by atoms with E-state index in [9.17, 15) is 9.59 Å². The fourth-order valence-electron chi connectivity index (χ4n) is 2.24. The van der Waals surface area contributed by atoms with Crippen LogP contribution in [0.4, 0.5) is 11.5 Å². The number of hydrogen-bond donors (Lipinski definition) is 3. The van der Waals surface area contributed by atoms with E-state index in [0.29, 0.717) is 22.1 Å². The van der Waals surface area contributed by atoms with Crippen molar-refractivity contribution in [1.82, 2.24) is 15.8 Å². The highest BCUT2D eigenvalue weighted by Gasteiger charge is 2.15. The summed E-state index contributed by atoms with van der Waals surface area (Å²) in [5.41, 5.74) is 5.74. The molecule has 0 aliphatic carbocycles. The van der Waals surface area contributed by atoms with E-state index < -0.39 is 11.8 Å². The molecule has 0 radical (unpaired) electrons. The second-order valence-corrected chi connectivity index (χ2v) is 7.70. The Labute approximate surface area is 167 Å². The number of benzene rings is 1. The van der Waals surface area contributed by atoms with Crippen LogP contribution in [0, 0.1) is 0 Å². The summed E-state index contributed by atoms with van der Waals surface area (Å²) in [6.07, 6.45) is 1.57. The lowest BCUT2D eigenvalue weighted by Gasteiger charge is -2.13. The van der Waals surface area contributed by atoms with Crippen LogP contribution in [-0.2, 0) is 0 Å². The third-order valence-corrected chi connectivity index (χ3v) is 5.12. The van der Waals surface area contributed by atoms with E-state index in [1.54, 1.807) is 43.6 Å². The Morgan fingerprint density at radius 3 is 2.56 bits per heavy atom. The molecule has 3 aromatic rings. The smallest absolute Gasteiger partial charge is 0.279 e. The summed E-state index contributed by atoms with van der Waals surface area (Å²) < 4.78 is 6.13. The minimum absolute atomic E-state index is 0.274. The fraction of sp³-hybridized carbons (Fsp3) is 0.0556. The molecule has 0 bridgehead atoms. The number of aromatic nitrogens is 1. The summed E-state index contributed by atoms with van der Waals surface area (Å²) in [7, 11) is 1.56. The Bertz CT molecular complexity index is 977. The van der Waals surface area contributed by atoms with E-state index in [1.807, 2.05) is 18.2 Å². The monoisotopic (exact) mass is 446 g/mol. The van der Waals surface area contributed by atoms with Crippen LogP contribution in [0.3, 0.4) is 0 Å². The largest absolute Gasteiger partial charge is 0.495 e. The number of ether oxygens (including phenoxy) is 1. The van der Waals surface area contributed by atoms with Gasteiger partial charge in [-0.1, -0.05) is 12.1 Å². The van der Waals surface area contributed by atoms with Crippen LogP contribution in [0.25, 0.3) is 0 Å². The number of anilines is 2. The number of hydrogen-bond acceptors (Lipinski definition) is 6. The maximum Gasteiger partial charge on any atom is 0.279 e. The average molecular weight is 447 g/mol. The molecule has 2 aromatic heterocycles. The SMILES string of the molecule is COc1ccccc1Nc1ncccc1C(=O)NNC(=O)c1ccc(Br)s1. The Balaban J connectivity index is 1.73. The average Bonchev–Trinajstić information content (AvgIpc) is 3.13. The molecule has 27 heavy (non-hydrogen) atoms. The first-order chi connectivity index (χ1) is 13.1. The Kier molecular flexibility index (Phi) is 6.05. The van der Waals surface area contributed by atoms with Gasteiger partial charge in [-0.25, -0.2) is 4.98 Å². The number of hydrazine groups is 1. The van der Waals surface area contributed by atoms with E-state index in [4.69, 9.17) is 4.74 Å². The van der Waals surface area contributed by atoms with Gasteiger partial charge in [0.15, 0.2) is 0 Å². The Morgan fingerprint density at radius 2 is 1.81 bits per heavy atom. The van der Waals surface area contributed by atoms with E-state index in [2.05, 4.69) is 37.1 Å². The summed E-state index contributed by atoms with van der Waals surface area (Å²) in [6.45, 7) is 0. The van der Waals surface area contributed by atoms with Crippen molar-refractivity contribution in [3.8, 4) is 5.75 Å². The first kappa shape index (κ1) is 18.9. The number of rotatable bonds is 5. The van der Waals surface area contributed by atoms with Gasteiger partial charge in [0.25, 0.3) is 11.8 Å². The van der Waals surface area contributed by atoms with Gasteiger partial charge in [-0.05, 0) is 52.3 Å². The lowest BCUT2D eigenvalue weighted by Crippen LogP contribution is -2.41. The molecule has 9 heteroatoms. The molecule has 7 nitrogen and oxygen atoms in total. The number of carbonyl (C=O) groups is 2. The van der Waals surface area contributed by atoms with Gasteiger partial charge in [0.1, 0.15) is 11.6 Å². The van der Waals surface area contributed by atoms with E-state index >= 15 is 0 Å². The van der Waals surface area contributed by atoms with Crippen LogP contribution in [0.15, 0.2) is 58.5 Å². The quantitative estimate of drug-likeness (QED) is 0.519. The molecule has 0 aliphatic rings. The Hall–Kier alpha value is -2.91. The van der Waals surface area contributed by atoms with Gasteiger partial charge in [0.2, 0.25) is 0 Å². The number of pyridine rings is 1. The summed E-state index contributed by atoms with van der Waals surface area (Å²) in [4.78, 5) is 29.3. The maximum absolute atomic E-state index is 12.5. The number of carbonyl (C=O) groups excluding carboxylic acids is 2. The molecule has 3 rings (SSSR count). The highest BCUT2D eigenvalue weighted by atomic mass is 79.9. The van der Waals surface area contributed by atoms with Crippen molar-refractivity contribution in [2.24, 2.45) is 0 Å². The molecule has 0 aliphatic heterocycles. The van der Waals surface area contributed by atoms with Gasteiger partial charge < -0.3 is 10.1 Å². The standard InChI is InChI=1S/C18H15BrN4O3S/c1-26-13-7-3-2-6-12(13)21-16-11(5-4-10-20-16)17(24)22-23-18(25)14-8-9-15(19)27-14/h2-10H,1H3,(H,20,21)(H,22,24)(H,23,25). The number of amides is 2. The first-order valence-corrected chi connectivity index (χ1v) is 9.40. The molecule has 138 valence electrons. The highest BCUT2D eigenvalue weighted by Crippen LogP contribution is 2.27. The minimum atomic E-state index is -0.496. The Morgan fingerprint density at radius 1 is 1.04 bits per heavy atom. The lowest BCUT2D eigenvalue weighted by molar-refractivity contribution is 0.0849. The molecule has 0 unspecified atom stereocenters. The van der Waals surface area contributed by atoms with Crippen molar-refractivity contribution in [2.45, 2.75) is 0 Å². The van der Waals surface area contributed by atoms with Crippen molar-refractivity contribution in [3.05, 3.63) is 69.0 Å². The zero-order valence-corrected chi connectivity index (χ0v) is 16.6. The van der Waals surface area contributed by atoms with Gasteiger partial charge in [-0.2, -0.15) is 0 Å². The number of methoxy groups -OCH3 is 1. The number of para-hydroxylation sites is 2. The first-order valence-electron chi connectivity index (χ1n) is 7.79. The predicted octanol–water partition coefficient (Wildman–Crippen LogP) is 3.73. The second-order valence-electron chi connectivity index (χ2n) is 5.24. The van der Waals surface area contributed by atoms with Crippen LogP contribution < -0.4 is 20.9 Å². The van der Waals surface area contributed by atoms with Crippen LogP contribution in [0.2, 0.25) is 0 Å². The summed E-state index contributed by atoms with van der Waals surface area (Å²) in [6, 6.07) is 14.0. The van der Waals surface area contributed by atoms with Crippen LogP contribution in [0.5, 0.6) is 5.75 Å². The lowest BCUT2D eigenvalue weighted by atomic mass is 10.2. The number of thiophene rings is 1. The van der Waals surface area contributed by atoms with Crippen LogP contribution in [0.1, 0.15) is 20.0 Å². The van der Waals surface area contributed by atoms with Gasteiger partial charge in [0, 0.05) is 6.20 Å². The molecule has 0 saturated carbocycles. The van der Waals surface area contributed by atoms with Gasteiger partial charge in [0.05, 0.1) is 27.0 Å². The predicted molar refractivity (Wildman–Crippen MR) is 107 cm³/mol. The number of halogens is 1. The third-order valence-electron chi connectivity index (χ3n) is 3.50. The summed E-state index contributed by atoms with van der Waals surface area (Å²) in [5.74, 6) is 0.0605.